The summed E-state index contributed by atoms with van der Waals surface area (Å²) >= 11 is 6.49. The maximum atomic E-state index is 13.9. The first kappa shape index (κ1) is 23.3. The maximum absolute atomic E-state index is 13.9. The van der Waals surface area contributed by atoms with Gasteiger partial charge in [0.1, 0.15) is 0 Å². The van der Waals surface area contributed by atoms with E-state index in [2.05, 4.69) is 54.0 Å². The first-order chi connectivity index (χ1) is 16.9. The Morgan fingerprint density at radius 1 is 0.914 bits per heavy atom. The van der Waals surface area contributed by atoms with Crippen molar-refractivity contribution < 1.29 is 0 Å². The van der Waals surface area contributed by atoms with Crippen LogP contribution in [-0.2, 0) is 19.6 Å². The highest BCUT2D eigenvalue weighted by atomic mass is 35.5. The number of aromatic nitrogens is 2. The van der Waals surface area contributed by atoms with Gasteiger partial charge in [-0.25, -0.2) is 4.98 Å². The van der Waals surface area contributed by atoms with Crippen LogP contribution in [0.4, 0.5) is 11.6 Å². The maximum Gasteiger partial charge on any atom is 0.259 e. The van der Waals surface area contributed by atoms with Crippen LogP contribution in [0.25, 0.3) is 0 Å². The minimum absolute atomic E-state index is 0.00924. The predicted octanol–water partition coefficient (Wildman–Crippen LogP) is 5.98. The molecule has 0 unspecified atom stereocenters. The zero-order valence-electron chi connectivity index (χ0n) is 20.3. The summed E-state index contributed by atoms with van der Waals surface area (Å²) < 4.78 is 1.81. The summed E-state index contributed by atoms with van der Waals surface area (Å²) in [5.74, 6) is 0.687. The van der Waals surface area contributed by atoms with Gasteiger partial charge < -0.3 is 0 Å². The number of anilines is 2. The smallest absolute Gasteiger partial charge is 0.259 e. The second kappa shape index (κ2) is 9.68. The fourth-order valence-electron chi connectivity index (χ4n) is 4.79. The molecule has 0 radical (unpaired) electrons. The molecule has 1 aliphatic rings. The molecule has 0 fully saturated rings. The van der Waals surface area contributed by atoms with Crippen LogP contribution in [0.2, 0.25) is 5.02 Å². The lowest BCUT2D eigenvalue weighted by molar-refractivity contribution is 0.189. The lowest BCUT2D eigenvalue weighted by Gasteiger charge is -2.39. The van der Waals surface area contributed by atoms with E-state index in [0.717, 1.165) is 38.7 Å². The first-order valence-corrected chi connectivity index (χ1v) is 12.2. The van der Waals surface area contributed by atoms with E-state index in [1.165, 1.54) is 5.56 Å². The quantitative estimate of drug-likeness (QED) is 0.349. The largest absolute Gasteiger partial charge is 0.298 e. The van der Waals surface area contributed by atoms with Gasteiger partial charge in [-0.3, -0.25) is 19.2 Å². The van der Waals surface area contributed by atoms with Gasteiger partial charge in [-0.05, 0) is 49.6 Å². The van der Waals surface area contributed by atoms with Gasteiger partial charge >= 0.3 is 0 Å². The summed E-state index contributed by atoms with van der Waals surface area (Å²) in [5, 5.41) is 0.732. The number of hydrogen-bond donors (Lipinski definition) is 0. The van der Waals surface area contributed by atoms with Crippen molar-refractivity contribution in [2.45, 2.75) is 40.4 Å². The highest BCUT2D eigenvalue weighted by molar-refractivity contribution is 6.31. The van der Waals surface area contributed by atoms with Gasteiger partial charge in [0.2, 0.25) is 5.95 Å². The van der Waals surface area contributed by atoms with Crippen LogP contribution >= 0.6 is 11.6 Å². The standard InChI is InChI=1S/C29H29ClN4O/c1-20-13-14-27(21(2)15-20)33-18-32(17-24-11-7-8-12-26(24)30)19-34-28(35)25(22(3)31-29(33)34)16-23-9-5-4-6-10-23/h4-15H,16-19H2,1-3H3. The van der Waals surface area contributed by atoms with Crippen LogP contribution in [0, 0.1) is 20.8 Å². The number of halogens is 1. The van der Waals surface area contributed by atoms with Gasteiger partial charge in [-0.2, -0.15) is 0 Å². The van der Waals surface area contributed by atoms with Crippen molar-refractivity contribution in [3.05, 3.63) is 122 Å². The van der Waals surface area contributed by atoms with E-state index in [0.29, 0.717) is 32.3 Å². The van der Waals surface area contributed by atoms with Crippen LogP contribution < -0.4 is 10.5 Å². The molecule has 5 nitrogen and oxygen atoms in total. The van der Waals surface area contributed by atoms with Gasteiger partial charge in [-0.1, -0.05) is 77.8 Å². The molecule has 0 aliphatic carbocycles. The molecule has 5 rings (SSSR count). The Kier molecular flexibility index (Phi) is 6.46. The van der Waals surface area contributed by atoms with Crippen LogP contribution in [0.1, 0.15) is 33.5 Å². The Morgan fingerprint density at radius 2 is 1.66 bits per heavy atom. The highest BCUT2D eigenvalue weighted by Gasteiger charge is 2.29. The molecule has 6 heteroatoms. The molecular weight excluding hydrogens is 456 g/mol. The summed E-state index contributed by atoms with van der Waals surface area (Å²) in [6.45, 7) is 7.84. The van der Waals surface area contributed by atoms with Crippen molar-refractivity contribution in [3.63, 3.8) is 0 Å². The average Bonchev–Trinajstić information content (AvgIpc) is 2.84. The zero-order chi connectivity index (χ0) is 24.5. The van der Waals surface area contributed by atoms with Gasteiger partial charge in [-0.15, -0.1) is 0 Å². The zero-order valence-corrected chi connectivity index (χ0v) is 21.1. The normalized spacial score (nSPS) is 13.7. The van der Waals surface area contributed by atoms with E-state index in [4.69, 9.17) is 16.6 Å². The second-order valence-corrected chi connectivity index (χ2v) is 9.70. The van der Waals surface area contributed by atoms with E-state index >= 15 is 0 Å². The van der Waals surface area contributed by atoms with E-state index in [1.54, 1.807) is 0 Å². The highest BCUT2D eigenvalue weighted by Crippen LogP contribution is 2.32. The van der Waals surface area contributed by atoms with Crippen LogP contribution in [-0.4, -0.2) is 21.1 Å². The monoisotopic (exact) mass is 484 g/mol. The van der Waals surface area contributed by atoms with E-state index in [1.807, 2.05) is 54.0 Å². The Balaban J connectivity index is 1.61. The van der Waals surface area contributed by atoms with Crippen LogP contribution in [0.5, 0.6) is 0 Å². The van der Waals surface area contributed by atoms with Crippen molar-refractivity contribution >= 4 is 23.2 Å². The Hall–Kier alpha value is -3.41. The van der Waals surface area contributed by atoms with Crippen molar-refractivity contribution in [2.75, 3.05) is 11.6 Å². The third-order valence-electron chi connectivity index (χ3n) is 6.59. The summed E-state index contributed by atoms with van der Waals surface area (Å²) in [5.41, 5.74) is 7.07. The molecular formula is C29H29ClN4O. The van der Waals surface area contributed by atoms with Gasteiger partial charge in [0.05, 0.1) is 19.0 Å². The van der Waals surface area contributed by atoms with Crippen molar-refractivity contribution in [1.29, 1.82) is 0 Å². The second-order valence-electron chi connectivity index (χ2n) is 9.29. The lowest BCUT2D eigenvalue weighted by Crippen LogP contribution is -2.47. The average molecular weight is 485 g/mol. The van der Waals surface area contributed by atoms with Crippen molar-refractivity contribution in [1.82, 2.24) is 14.5 Å². The summed E-state index contributed by atoms with van der Waals surface area (Å²) in [6, 6.07) is 24.4. The number of fused-ring (bicyclic) bond motifs is 1. The first-order valence-electron chi connectivity index (χ1n) is 11.9. The Morgan fingerprint density at radius 3 is 2.40 bits per heavy atom. The fourth-order valence-corrected chi connectivity index (χ4v) is 4.99. The van der Waals surface area contributed by atoms with Crippen LogP contribution in [0.15, 0.2) is 77.6 Å². The summed E-state index contributed by atoms with van der Waals surface area (Å²) in [6.07, 6.45) is 0.562. The predicted molar refractivity (Wildman–Crippen MR) is 142 cm³/mol. The van der Waals surface area contributed by atoms with Gasteiger partial charge in [0.15, 0.2) is 0 Å². The van der Waals surface area contributed by atoms with E-state index in [9.17, 15) is 4.79 Å². The van der Waals surface area contributed by atoms with Gasteiger partial charge in [0.25, 0.3) is 5.56 Å². The number of nitrogens with zero attached hydrogens (tertiary/aromatic N) is 4. The van der Waals surface area contributed by atoms with Gasteiger partial charge in [0, 0.05) is 29.2 Å². The molecule has 0 bridgehead atoms. The molecule has 1 aliphatic heterocycles. The lowest BCUT2D eigenvalue weighted by atomic mass is 10.0. The minimum atomic E-state index is 0.00924. The third-order valence-corrected chi connectivity index (χ3v) is 6.96. The molecule has 0 N–H and O–H groups in total. The Labute approximate surface area is 211 Å². The number of aryl methyl sites for hydroxylation is 3. The molecule has 35 heavy (non-hydrogen) atoms. The number of hydrogen-bond acceptors (Lipinski definition) is 4. The van der Waals surface area contributed by atoms with Crippen molar-refractivity contribution in [2.24, 2.45) is 0 Å². The Bertz CT molecular complexity index is 1430. The van der Waals surface area contributed by atoms with E-state index < -0.39 is 0 Å². The number of benzene rings is 3. The molecule has 0 saturated heterocycles. The molecule has 0 saturated carbocycles. The SMILES string of the molecule is Cc1ccc(N2CN(Cc3ccccc3Cl)Cn3c2nc(C)c(Cc2ccccc2)c3=O)c(C)c1. The molecule has 178 valence electrons. The molecule has 3 aromatic carbocycles. The number of rotatable bonds is 5. The van der Waals surface area contributed by atoms with E-state index in [-0.39, 0.29) is 5.56 Å². The third kappa shape index (κ3) is 4.75. The molecule has 0 amide bonds. The van der Waals surface area contributed by atoms with Crippen LogP contribution in [0.3, 0.4) is 0 Å². The molecule has 4 aromatic rings. The summed E-state index contributed by atoms with van der Waals surface area (Å²) in [4.78, 5) is 23.2. The molecule has 0 atom stereocenters. The molecule has 2 heterocycles. The minimum Gasteiger partial charge on any atom is -0.298 e. The summed E-state index contributed by atoms with van der Waals surface area (Å²) in [7, 11) is 0. The topological polar surface area (TPSA) is 41.4 Å². The van der Waals surface area contributed by atoms with Crippen molar-refractivity contribution in [3.8, 4) is 0 Å². The molecule has 0 spiro atoms. The fraction of sp³-hybridized carbons (Fsp3) is 0.241. The molecule has 1 aromatic heterocycles.